The zero-order valence-corrected chi connectivity index (χ0v) is 32.1. The third-order valence-electron chi connectivity index (χ3n) is 7.33. The molecule has 5 rings (SSSR count). The van der Waals surface area contributed by atoms with Crippen molar-refractivity contribution >= 4 is 33.6 Å². The van der Waals surface area contributed by atoms with E-state index < -0.39 is 0 Å². The normalized spacial score (nSPS) is 16.5. The molecule has 1 atom stereocenters. The minimum Gasteiger partial charge on any atom is -0.501 e. The van der Waals surface area contributed by atoms with Gasteiger partial charge in [-0.15, -0.1) is 23.5 Å². The predicted octanol–water partition coefficient (Wildman–Crippen LogP) is 7.80. The molecular formula is C37H50N4O8S2. The summed E-state index contributed by atoms with van der Waals surface area (Å²) >= 11 is 3.02. The smallest absolute Gasteiger partial charge is 0.255 e. The van der Waals surface area contributed by atoms with Crippen LogP contribution in [0.1, 0.15) is 49.7 Å². The number of methoxy groups -OCH3 is 2. The Morgan fingerprint density at radius 1 is 0.922 bits per heavy atom. The third-order valence-corrected chi connectivity index (χ3v) is 8.81. The van der Waals surface area contributed by atoms with E-state index in [1.807, 2.05) is 55.9 Å². The molecule has 1 aromatic carbocycles. The second-order valence-corrected chi connectivity index (χ2v) is 12.5. The fraction of sp³-hybridized carbons (Fsp3) is 0.459. The largest absolute Gasteiger partial charge is 0.501 e. The first-order valence-corrected chi connectivity index (χ1v) is 19.0. The molecule has 2 fully saturated rings. The first-order chi connectivity index (χ1) is 24.9. The predicted molar refractivity (Wildman–Crippen MR) is 205 cm³/mol. The standard InChI is InChI=1S/C19H26N2O4S.C14H16N2O3S.C4H8O/c1-5-15(9-8-14(2)22-3)13-24-18-11-17(25-21-18)19(26-4)20-12-16-7-6-10-23-16;1-15-14(20-3)12-8-13(16-19-12)18-9-10-4-6-11(17-2)7-5-10;1-2-4-5-3-1/h5,8-9,11,16H,1,6-7,10,12-13H2,2-4H3;4-8H,9H2,1-3H3;1-4H2/b14-8+,15-9+,20-19?;;. The SMILES string of the molecule is C1CCOC1.C=C/C(=C\C=C(/C)OC)COc1cc(C(=NCC2CCCO2)SC)on1.CN=C(SC)c1cc(OCc2ccc(OC)cc2)no1. The molecule has 1 unspecified atom stereocenters. The fourth-order valence-corrected chi connectivity index (χ4v) is 5.37. The summed E-state index contributed by atoms with van der Waals surface area (Å²) in [6.07, 6.45) is 14.3. The quantitative estimate of drug-likeness (QED) is 0.0691. The van der Waals surface area contributed by atoms with Crippen molar-refractivity contribution in [1.29, 1.82) is 0 Å². The number of thioether (sulfide) groups is 2. The lowest BCUT2D eigenvalue weighted by Gasteiger charge is -2.05. The molecule has 0 amide bonds. The van der Waals surface area contributed by atoms with Gasteiger partial charge in [0.2, 0.25) is 0 Å². The van der Waals surface area contributed by atoms with Crippen molar-refractivity contribution < 1.29 is 37.5 Å². The van der Waals surface area contributed by atoms with Gasteiger partial charge in [-0.05, 0) is 84.8 Å². The number of nitrogens with zero attached hydrogens (tertiary/aromatic N) is 4. The number of hydrogen-bond acceptors (Lipinski definition) is 14. The Balaban J connectivity index is 0.000000247. The van der Waals surface area contributed by atoms with Crippen LogP contribution in [0.4, 0.5) is 0 Å². The second-order valence-electron chi connectivity index (χ2n) is 10.9. The van der Waals surface area contributed by atoms with Gasteiger partial charge in [-0.1, -0.05) is 30.9 Å². The van der Waals surface area contributed by atoms with Crippen molar-refractivity contribution in [3.8, 4) is 17.5 Å². The molecule has 0 bridgehead atoms. The van der Waals surface area contributed by atoms with Crippen molar-refractivity contribution in [1.82, 2.24) is 10.3 Å². The van der Waals surface area contributed by atoms with Gasteiger partial charge in [0.05, 0.1) is 44.8 Å². The maximum atomic E-state index is 5.67. The van der Waals surface area contributed by atoms with E-state index in [-0.39, 0.29) is 6.10 Å². The topological polar surface area (TPSA) is 132 Å². The van der Waals surface area contributed by atoms with Gasteiger partial charge < -0.3 is 37.5 Å². The summed E-state index contributed by atoms with van der Waals surface area (Å²) in [7, 11) is 4.98. The highest BCUT2D eigenvalue weighted by Gasteiger charge is 2.17. The van der Waals surface area contributed by atoms with E-state index in [1.165, 1.54) is 36.4 Å². The van der Waals surface area contributed by atoms with Crippen LogP contribution in [0.15, 0.2) is 91.6 Å². The van der Waals surface area contributed by atoms with Crippen molar-refractivity contribution in [3.05, 3.63) is 89.6 Å². The van der Waals surface area contributed by atoms with E-state index in [1.54, 1.807) is 39.5 Å². The Bertz CT molecular complexity index is 1550. The van der Waals surface area contributed by atoms with Gasteiger partial charge >= 0.3 is 0 Å². The molecule has 12 nitrogen and oxygen atoms in total. The molecule has 0 N–H and O–H groups in total. The summed E-state index contributed by atoms with van der Waals surface area (Å²) in [4.78, 5) is 8.70. The van der Waals surface area contributed by atoms with Gasteiger partial charge in [0, 0.05) is 26.9 Å². The summed E-state index contributed by atoms with van der Waals surface area (Å²) in [6.45, 7) is 9.90. The number of allylic oxidation sites excluding steroid dienone is 3. The fourth-order valence-electron chi connectivity index (χ4n) is 4.39. The van der Waals surface area contributed by atoms with Gasteiger partial charge in [0.1, 0.15) is 29.1 Å². The van der Waals surface area contributed by atoms with Gasteiger partial charge in [0.25, 0.3) is 11.8 Å². The van der Waals surface area contributed by atoms with Crippen LogP contribution in [0.25, 0.3) is 0 Å². The Morgan fingerprint density at radius 3 is 2.12 bits per heavy atom. The van der Waals surface area contributed by atoms with Crippen molar-refractivity contribution in [2.45, 2.75) is 45.3 Å². The van der Waals surface area contributed by atoms with E-state index >= 15 is 0 Å². The lowest BCUT2D eigenvalue weighted by Crippen LogP contribution is -2.10. The van der Waals surface area contributed by atoms with E-state index in [4.69, 9.17) is 37.5 Å². The maximum Gasteiger partial charge on any atom is 0.255 e. The Hall–Kier alpha value is -3.98. The molecule has 0 saturated carbocycles. The lowest BCUT2D eigenvalue weighted by atomic mass is 10.2. The summed E-state index contributed by atoms with van der Waals surface area (Å²) in [5.41, 5.74) is 1.94. The summed E-state index contributed by atoms with van der Waals surface area (Å²) in [5, 5.41) is 9.41. The monoisotopic (exact) mass is 742 g/mol. The zero-order valence-electron chi connectivity index (χ0n) is 30.4. The van der Waals surface area contributed by atoms with Crippen LogP contribution < -0.4 is 14.2 Å². The number of ether oxygens (including phenoxy) is 6. The first-order valence-electron chi connectivity index (χ1n) is 16.6. The van der Waals surface area contributed by atoms with Gasteiger partial charge in [-0.3, -0.25) is 9.98 Å². The molecule has 2 aromatic heterocycles. The van der Waals surface area contributed by atoms with E-state index in [0.29, 0.717) is 43.0 Å². The number of benzene rings is 1. The Labute approximate surface area is 309 Å². The molecule has 4 heterocycles. The van der Waals surface area contributed by atoms with Crippen LogP contribution in [0, 0.1) is 0 Å². The molecule has 51 heavy (non-hydrogen) atoms. The minimum absolute atomic E-state index is 0.208. The van der Waals surface area contributed by atoms with Crippen LogP contribution in [0.5, 0.6) is 17.5 Å². The molecule has 14 heteroatoms. The van der Waals surface area contributed by atoms with Gasteiger partial charge in [-0.2, -0.15) is 0 Å². The summed E-state index contributed by atoms with van der Waals surface area (Å²) in [5.74, 6) is 3.71. The summed E-state index contributed by atoms with van der Waals surface area (Å²) < 4.78 is 42.6. The number of aromatic nitrogens is 2. The Kier molecular flexibility index (Phi) is 19.7. The van der Waals surface area contributed by atoms with Crippen LogP contribution in [-0.2, 0) is 20.8 Å². The van der Waals surface area contributed by atoms with Crippen molar-refractivity contribution in [2.24, 2.45) is 9.98 Å². The first kappa shape index (κ1) is 41.4. The van der Waals surface area contributed by atoms with Crippen LogP contribution in [0.3, 0.4) is 0 Å². The van der Waals surface area contributed by atoms with Crippen molar-refractivity contribution in [2.75, 3.05) is 66.8 Å². The van der Waals surface area contributed by atoms with Gasteiger partial charge in [-0.25, -0.2) is 0 Å². The average molecular weight is 743 g/mol. The number of rotatable bonds is 14. The second kappa shape index (κ2) is 24.2. The van der Waals surface area contributed by atoms with Crippen molar-refractivity contribution in [3.63, 3.8) is 0 Å². The molecule has 2 aliphatic rings. The molecule has 0 radical (unpaired) electrons. The van der Waals surface area contributed by atoms with Gasteiger partial charge in [0.15, 0.2) is 11.5 Å². The lowest BCUT2D eigenvalue weighted by molar-refractivity contribution is 0.118. The molecule has 278 valence electrons. The molecule has 3 aromatic rings. The van der Waals surface area contributed by atoms with E-state index in [9.17, 15) is 0 Å². The molecular weight excluding hydrogens is 693 g/mol. The maximum absolute atomic E-state index is 5.67. The third kappa shape index (κ3) is 15.4. The van der Waals surface area contributed by atoms with Crippen LogP contribution in [0.2, 0.25) is 0 Å². The van der Waals surface area contributed by atoms with Crippen LogP contribution >= 0.6 is 23.5 Å². The number of aliphatic imine (C=N–C) groups is 2. The number of hydrogen-bond donors (Lipinski definition) is 0. The molecule has 0 spiro atoms. The van der Waals surface area contributed by atoms with Crippen LogP contribution in [-0.4, -0.2) is 93.3 Å². The van der Waals surface area contributed by atoms with E-state index in [2.05, 4.69) is 26.9 Å². The Morgan fingerprint density at radius 2 is 1.59 bits per heavy atom. The minimum atomic E-state index is 0.208. The van der Waals surface area contributed by atoms with E-state index in [0.717, 1.165) is 65.4 Å². The highest BCUT2D eigenvalue weighted by atomic mass is 32.2. The average Bonchev–Trinajstić information content (AvgIpc) is 4.02. The molecule has 2 saturated heterocycles. The zero-order chi connectivity index (χ0) is 36.7. The highest BCUT2D eigenvalue weighted by Crippen LogP contribution is 2.21. The molecule has 0 aliphatic carbocycles. The summed E-state index contributed by atoms with van der Waals surface area (Å²) in [6, 6.07) is 11.2. The molecule has 2 aliphatic heterocycles. The highest BCUT2D eigenvalue weighted by molar-refractivity contribution is 8.14.